The van der Waals surface area contributed by atoms with Gasteiger partial charge in [-0.15, -0.1) is 0 Å². The van der Waals surface area contributed by atoms with E-state index in [0.717, 1.165) is 5.56 Å². The van der Waals surface area contributed by atoms with Crippen molar-refractivity contribution in [1.82, 2.24) is 0 Å². The molecule has 7 heteroatoms. The van der Waals surface area contributed by atoms with Crippen LogP contribution in [0.15, 0.2) is 53.9 Å². The van der Waals surface area contributed by atoms with Gasteiger partial charge < -0.3 is 16.2 Å². The molecule has 7 nitrogen and oxygen atoms in total. The topological polar surface area (TPSA) is 128 Å². The average molecular weight is 308 g/mol. The Morgan fingerprint density at radius 1 is 1.17 bits per heavy atom. The van der Waals surface area contributed by atoms with Crippen LogP contribution in [0.4, 0.5) is 11.4 Å². The SMILES string of the molecule is N#CC1=C(N)Oc2ccc([N+](=O)[O-])cc2C1c1ccc(N)cc1. The van der Waals surface area contributed by atoms with Crippen LogP contribution in [0.25, 0.3) is 0 Å². The summed E-state index contributed by atoms with van der Waals surface area (Å²) in [6.45, 7) is 0. The van der Waals surface area contributed by atoms with E-state index >= 15 is 0 Å². The average Bonchev–Trinajstić information content (AvgIpc) is 2.54. The highest BCUT2D eigenvalue weighted by Gasteiger charge is 2.31. The van der Waals surface area contributed by atoms with E-state index in [1.807, 2.05) is 6.07 Å². The molecule has 2 aromatic rings. The molecule has 0 spiro atoms. The van der Waals surface area contributed by atoms with Gasteiger partial charge in [0.25, 0.3) is 5.69 Å². The summed E-state index contributed by atoms with van der Waals surface area (Å²) in [5.41, 5.74) is 13.5. The second-order valence-electron chi connectivity index (χ2n) is 5.07. The first-order valence-corrected chi connectivity index (χ1v) is 6.72. The number of hydrogen-bond donors (Lipinski definition) is 2. The van der Waals surface area contributed by atoms with Crippen molar-refractivity contribution in [2.24, 2.45) is 5.73 Å². The zero-order valence-electron chi connectivity index (χ0n) is 11.9. The number of ether oxygens (including phenoxy) is 1. The number of nitro benzene ring substituents is 1. The molecule has 1 unspecified atom stereocenters. The van der Waals surface area contributed by atoms with E-state index in [-0.39, 0.29) is 17.1 Å². The molecule has 0 fully saturated rings. The normalized spacial score (nSPS) is 16.2. The predicted molar refractivity (Wildman–Crippen MR) is 83.2 cm³/mol. The van der Waals surface area contributed by atoms with Crippen LogP contribution in [-0.4, -0.2) is 4.92 Å². The number of fused-ring (bicyclic) bond motifs is 1. The number of nitro groups is 1. The van der Waals surface area contributed by atoms with Gasteiger partial charge in [-0.2, -0.15) is 5.26 Å². The molecule has 0 aromatic heterocycles. The van der Waals surface area contributed by atoms with Crippen LogP contribution >= 0.6 is 0 Å². The molecule has 0 aliphatic carbocycles. The lowest BCUT2D eigenvalue weighted by molar-refractivity contribution is -0.384. The smallest absolute Gasteiger partial charge is 0.270 e. The van der Waals surface area contributed by atoms with Crippen LogP contribution in [0, 0.1) is 21.4 Å². The Balaban J connectivity index is 2.23. The van der Waals surface area contributed by atoms with E-state index in [4.69, 9.17) is 16.2 Å². The fraction of sp³-hybridized carbons (Fsp3) is 0.0625. The van der Waals surface area contributed by atoms with Crippen LogP contribution in [0.5, 0.6) is 5.75 Å². The molecule has 0 bridgehead atoms. The monoisotopic (exact) mass is 308 g/mol. The molecule has 0 saturated heterocycles. The first kappa shape index (κ1) is 14.4. The Hall–Kier alpha value is -3.53. The molecular weight excluding hydrogens is 296 g/mol. The molecule has 23 heavy (non-hydrogen) atoms. The second kappa shape index (κ2) is 5.35. The maximum Gasteiger partial charge on any atom is 0.270 e. The third kappa shape index (κ3) is 2.42. The van der Waals surface area contributed by atoms with Crippen LogP contribution in [0.3, 0.4) is 0 Å². The number of allylic oxidation sites excluding steroid dienone is 1. The predicted octanol–water partition coefficient (Wildman–Crippen LogP) is 2.40. The van der Waals surface area contributed by atoms with Crippen molar-refractivity contribution in [3.8, 4) is 11.8 Å². The van der Waals surface area contributed by atoms with Gasteiger partial charge in [-0.05, 0) is 23.8 Å². The standard InChI is InChI=1S/C16H12N4O3/c17-8-13-15(9-1-3-10(18)4-2-9)12-7-11(20(21)22)5-6-14(12)23-16(13)19/h1-7,15H,18-19H2. The summed E-state index contributed by atoms with van der Waals surface area (Å²) in [5.74, 6) is -0.145. The Morgan fingerprint density at radius 3 is 2.48 bits per heavy atom. The maximum atomic E-state index is 11.0. The van der Waals surface area contributed by atoms with Crippen molar-refractivity contribution in [3.63, 3.8) is 0 Å². The molecule has 3 rings (SSSR count). The van der Waals surface area contributed by atoms with Gasteiger partial charge in [0, 0.05) is 23.4 Å². The lowest BCUT2D eigenvalue weighted by Crippen LogP contribution is -2.21. The van der Waals surface area contributed by atoms with Crippen molar-refractivity contribution in [1.29, 1.82) is 5.26 Å². The van der Waals surface area contributed by atoms with Crippen molar-refractivity contribution < 1.29 is 9.66 Å². The molecule has 1 atom stereocenters. The molecule has 1 aliphatic rings. The van der Waals surface area contributed by atoms with E-state index in [0.29, 0.717) is 17.0 Å². The van der Waals surface area contributed by atoms with E-state index in [1.165, 1.54) is 18.2 Å². The second-order valence-corrected chi connectivity index (χ2v) is 5.07. The number of non-ortho nitro benzene ring substituents is 1. The highest BCUT2D eigenvalue weighted by molar-refractivity contribution is 5.59. The Kier molecular flexibility index (Phi) is 3.35. The first-order valence-electron chi connectivity index (χ1n) is 6.72. The van der Waals surface area contributed by atoms with Gasteiger partial charge >= 0.3 is 0 Å². The van der Waals surface area contributed by atoms with Gasteiger partial charge in [-0.3, -0.25) is 10.1 Å². The van der Waals surface area contributed by atoms with Crippen molar-refractivity contribution >= 4 is 11.4 Å². The molecule has 1 aliphatic heterocycles. The molecular formula is C16H12N4O3. The fourth-order valence-electron chi connectivity index (χ4n) is 2.59. The number of anilines is 1. The minimum Gasteiger partial charge on any atom is -0.440 e. The molecule has 0 saturated carbocycles. The summed E-state index contributed by atoms with van der Waals surface area (Å²) in [7, 11) is 0. The summed E-state index contributed by atoms with van der Waals surface area (Å²) in [4.78, 5) is 10.5. The maximum absolute atomic E-state index is 11.0. The molecule has 0 amide bonds. The van der Waals surface area contributed by atoms with Crippen molar-refractivity contribution in [2.75, 3.05) is 5.73 Å². The molecule has 1 heterocycles. The fourth-order valence-corrected chi connectivity index (χ4v) is 2.59. The number of nitriles is 1. The highest BCUT2D eigenvalue weighted by Crippen LogP contribution is 2.43. The van der Waals surface area contributed by atoms with Gasteiger partial charge in [-0.25, -0.2) is 0 Å². The van der Waals surface area contributed by atoms with Crippen LogP contribution in [-0.2, 0) is 0 Å². The van der Waals surface area contributed by atoms with Crippen molar-refractivity contribution in [2.45, 2.75) is 5.92 Å². The van der Waals surface area contributed by atoms with E-state index < -0.39 is 10.8 Å². The summed E-state index contributed by atoms with van der Waals surface area (Å²) in [6.07, 6.45) is 0. The van der Waals surface area contributed by atoms with E-state index in [2.05, 4.69) is 0 Å². The molecule has 4 N–H and O–H groups in total. The van der Waals surface area contributed by atoms with Crippen LogP contribution < -0.4 is 16.2 Å². The summed E-state index contributed by atoms with van der Waals surface area (Å²) < 4.78 is 5.43. The Bertz CT molecular complexity index is 866. The van der Waals surface area contributed by atoms with Gasteiger partial charge in [0.15, 0.2) is 0 Å². The van der Waals surface area contributed by atoms with Crippen LogP contribution in [0.2, 0.25) is 0 Å². The lowest BCUT2D eigenvalue weighted by Gasteiger charge is -2.26. The van der Waals surface area contributed by atoms with E-state index in [9.17, 15) is 15.4 Å². The number of nitrogen functional groups attached to an aromatic ring is 1. The lowest BCUT2D eigenvalue weighted by atomic mass is 9.83. The third-order valence-electron chi connectivity index (χ3n) is 3.68. The van der Waals surface area contributed by atoms with Crippen LogP contribution in [0.1, 0.15) is 17.0 Å². The molecule has 0 radical (unpaired) electrons. The van der Waals surface area contributed by atoms with Gasteiger partial charge in [0.05, 0.1) is 10.8 Å². The quantitative estimate of drug-likeness (QED) is 0.498. The van der Waals surface area contributed by atoms with Crippen molar-refractivity contribution in [3.05, 3.63) is 75.2 Å². The third-order valence-corrected chi connectivity index (χ3v) is 3.68. The Labute approximate surface area is 131 Å². The number of benzene rings is 2. The largest absolute Gasteiger partial charge is 0.440 e. The molecule has 2 aromatic carbocycles. The summed E-state index contributed by atoms with van der Waals surface area (Å²) in [5, 5.41) is 20.5. The Morgan fingerprint density at radius 2 is 1.87 bits per heavy atom. The number of nitrogens with zero attached hydrogens (tertiary/aromatic N) is 2. The number of hydrogen-bond acceptors (Lipinski definition) is 6. The minimum absolute atomic E-state index is 0.00400. The van der Waals surface area contributed by atoms with E-state index in [1.54, 1.807) is 24.3 Å². The zero-order chi connectivity index (χ0) is 16.6. The highest BCUT2D eigenvalue weighted by atomic mass is 16.6. The van der Waals surface area contributed by atoms with Gasteiger partial charge in [0.2, 0.25) is 5.88 Å². The number of nitrogens with two attached hydrogens (primary N) is 2. The minimum atomic E-state index is -0.538. The van der Waals surface area contributed by atoms with Gasteiger partial charge in [-0.1, -0.05) is 12.1 Å². The summed E-state index contributed by atoms with van der Waals surface area (Å²) >= 11 is 0. The molecule has 114 valence electrons. The zero-order valence-corrected chi connectivity index (χ0v) is 11.9. The first-order chi connectivity index (χ1) is 11.0. The van der Waals surface area contributed by atoms with Gasteiger partial charge in [0.1, 0.15) is 17.4 Å². The summed E-state index contributed by atoms with van der Waals surface area (Å²) in [6, 6.07) is 13.2. The number of rotatable bonds is 2.